The predicted molar refractivity (Wildman–Crippen MR) is 103 cm³/mol. The van der Waals surface area contributed by atoms with Gasteiger partial charge in [0.2, 0.25) is 0 Å². The highest BCUT2D eigenvalue weighted by Gasteiger charge is 2.67. The van der Waals surface area contributed by atoms with Crippen molar-refractivity contribution in [2.75, 3.05) is 10.6 Å². The number of benzene rings is 2. The molecule has 0 saturated carbocycles. The first kappa shape index (κ1) is 24.7. The molecular formula is C16H8Cl2F4N4O6. The van der Waals surface area contributed by atoms with Gasteiger partial charge in [-0.05, 0) is 24.3 Å². The molecule has 0 aliphatic heterocycles. The molecule has 0 heterocycles. The summed E-state index contributed by atoms with van der Waals surface area (Å²) < 4.78 is 56.5. The Labute approximate surface area is 184 Å². The Morgan fingerprint density at radius 3 is 1.34 bits per heavy atom. The normalized spacial score (nSPS) is 11.6. The molecule has 0 aliphatic rings. The van der Waals surface area contributed by atoms with E-state index in [1.165, 1.54) is 10.6 Å². The molecule has 10 nitrogen and oxygen atoms in total. The zero-order valence-electron chi connectivity index (χ0n) is 15.1. The molecular weight excluding hydrogens is 491 g/mol. The second-order valence-electron chi connectivity index (χ2n) is 5.90. The Bertz CT molecular complexity index is 1040. The smallest absolute Gasteiger partial charge is 0.320 e. The van der Waals surface area contributed by atoms with Gasteiger partial charge in [0.15, 0.2) is 0 Å². The third-order valence-corrected chi connectivity index (χ3v) is 4.41. The molecule has 2 aromatic rings. The summed E-state index contributed by atoms with van der Waals surface area (Å²) in [6.07, 6.45) is 0. The van der Waals surface area contributed by atoms with E-state index >= 15 is 0 Å². The summed E-state index contributed by atoms with van der Waals surface area (Å²) in [5.41, 5.74) is -2.95. The predicted octanol–water partition coefficient (Wildman–Crippen LogP) is 4.66. The van der Waals surface area contributed by atoms with E-state index in [0.717, 1.165) is 24.3 Å². The Balaban J connectivity index is 2.26. The average Bonchev–Trinajstić information content (AvgIpc) is 2.70. The van der Waals surface area contributed by atoms with Crippen LogP contribution in [0.2, 0.25) is 10.0 Å². The molecule has 0 fully saturated rings. The molecule has 2 amide bonds. The van der Waals surface area contributed by atoms with Crippen LogP contribution >= 0.6 is 23.2 Å². The van der Waals surface area contributed by atoms with Crippen molar-refractivity contribution in [1.29, 1.82) is 0 Å². The van der Waals surface area contributed by atoms with Crippen molar-refractivity contribution in [3.05, 3.63) is 66.7 Å². The van der Waals surface area contributed by atoms with Crippen molar-refractivity contribution in [3.63, 3.8) is 0 Å². The number of halogens is 6. The summed E-state index contributed by atoms with van der Waals surface area (Å²) in [6.45, 7) is 0. The number of alkyl halides is 4. The number of nitrogens with one attached hydrogen (secondary N) is 2. The summed E-state index contributed by atoms with van der Waals surface area (Å²) in [7, 11) is 0. The number of amides is 2. The number of carbonyl (C=O) groups is 2. The van der Waals surface area contributed by atoms with Crippen LogP contribution < -0.4 is 10.6 Å². The number of nitrogens with zero attached hydrogens (tertiary/aromatic N) is 2. The first-order valence-corrected chi connectivity index (χ1v) is 8.70. The lowest BCUT2D eigenvalue weighted by Gasteiger charge is -2.24. The minimum atomic E-state index is -5.64. The van der Waals surface area contributed by atoms with E-state index in [1.54, 1.807) is 0 Å². The summed E-state index contributed by atoms with van der Waals surface area (Å²) in [5.74, 6) is -16.6. The van der Waals surface area contributed by atoms with Crippen molar-refractivity contribution in [2.45, 2.75) is 11.8 Å². The summed E-state index contributed by atoms with van der Waals surface area (Å²) in [4.78, 5) is 43.1. The van der Waals surface area contributed by atoms with E-state index in [-0.39, 0.29) is 0 Å². The van der Waals surface area contributed by atoms with Crippen LogP contribution in [-0.4, -0.2) is 33.5 Å². The Morgan fingerprint density at radius 1 is 0.750 bits per heavy atom. The van der Waals surface area contributed by atoms with E-state index < -0.39 is 66.3 Å². The third kappa shape index (κ3) is 4.86. The van der Waals surface area contributed by atoms with Crippen LogP contribution in [0.4, 0.5) is 40.3 Å². The second kappa shape index (κ2) is 8.92. The van der Waals surface area contributed by atoms with Gasteiger partial charge in [-0.2, -0.15) is 17.6 Å². The molecule has 170 valence electrons. The van der Waals surface area contributed by atoms with Crippen LogP contribution in [0.15, 0.2) is 36.4 Å². The van der Waals surface area contributed by atoms with E-state index in [0.29, 0.717) is 12.1 Å². The molecule has 0 aliphatic carbocycles. The van der Waals surface area contributed by atoms with Gasteiger partial charge in [-0.15, -0.1) is 0 Å². The zero-order chi connectivity index (χ0) is 24.4. The van der Waals surface area contributed by atoms with Crippen LogP contribution in [0.1, 0.15) is 0 Å². The molecule has 16 heteroatoms. The Hall–Kier alpha value is -3.52. The van der Waals surface area contributed by atoms with Gasteiger partial charge < -0.3 is 10.6 Å². The fourth-order valence-electron chi connectivity index (χ4n) is 2.17. The van der Waals surface area contributed by atoms with Gasteiger partial charge in [-0.25, -0.2) is 0 Å². The lowest BCUT2D eigenvalue weighted by Crippen LogP contribution is -2.56. The SMILES string of the molecule is O=C(Nc1ccc(Cl)c([N+](=O)[O-])c1)C(F)(F)C(F)(F)C(=O)Nc1ccc(Cl)c([N+](=O)[O-])c1. The Morgan fingerprint density at radius 2 is 1.06 bits per heavy atom. The molecule has 0 spiro atoms. The fourth-order valence-corrected chi connectivity index (χ4v) is 2.54. The number of hydrogen-bond donors (Lipinski definition) is 2. The van der Waals surface area contributed by atoms with Crippen molar-refractivity contribution in [3.8, 4) is 0 Å². The average molecular weight is 499 g/mol. The van der Waals surface area contributed by atoms with Gasteiger partial charge in [0.25, 0.3) is 11.4 Å². The monoisotopic (exact) mass is 498 g/mol. The van der Waals surface area contributed by atoms with Crippen molar-refractivity contribution in [1.82, 2.24) is 0 Å². The first-order chi connectivity index (χ1) is 14.7. The standard InChI is InChI=1S/C16H8Cl2F4N4O6/c17-9-3-1-7(5-11(9)25(29)30)23-13(27)15(19,20)16(21,22)14(28)24-8-2-4-10(18)12(6-8)26(31)32/h1-6H,(H,23,27)(H,24,28). The summed E-state index contributed by atoms with van der Waals surface area (Å²) in [6, 6.07) is 4.45. The highest BCUT2D eigenvalue weighted by atomic mass is 35.5. The highest BCUT2D eigenvalue weighted by molar-refractivity contribution is 6.33. The molecule has 0 radical (unpaired) electrons. The Kier molecular flexibility index (Phi) is 6.90. The van der Waals surface area contributed by atoms with Gasteiger partial charge in [0.05, 0.1) is 9.85 Å². The van der Waals surface area contributed by atoms with Crippen molar-refractivity contribution in [2.24, 2.45) is 0 Å². The maximum Gasteiger partial charge on any atom is 0.396 e. The second-order valence-corrected chi connectivity index (χ2v) is 6.72. The first-order valence-electron chi connectivity index (χ1n) is 7.95. The van der Waals surface area contributed by atoms with E-state index in [4.69, 9.17) is 23.2 Å². The lowest BCUT2D eigenvalue weighted by atomic mass is 10.1. The van der Waals surface area contributed by atoms with E-state index in [1.807, 2.05) is 0 Å². The van der Waals surface area contributed by atoms with E-state index in [2.05, 4.69) is 0 Å². The molecule has 2 N–H and O–H groups in total. The maximum atomic E-state index is 14.1. The quantitative estimate of drug-likeness (QED) is 0.322. The number of anilines is 2. The molecule has 0 saturated heterocycles. The fraction of sp³-hybridized carbons (Fsp3) is 0.125. The zero-order valence-corrected chi connectivity index (χ0v) is 16.6. The van der Waals surface area contributed by atoms with Crippen molar-refractivity contribution >= 4 is 57.8 Å². The van der Waals surface area contributed by atoms with Crippen LogP contribution in [-0.2, 0) is 9.59 Å². The summed E-state index contributed by atoms with van der Waals surface area (Å²) >= 11 is 11.0. The number of nitro benzene ring substituents is 2. The van der Waals surface area contributed by atoms with Crippen LogP contribution in [0.3, 0.4) is 0 Å². The van der Waals surface area contributed by atoms with Gasteiger partial charge in [-0.3, -0.25) is 29.8 Å². The lowest BCUT2D eigenvalue weighted by molar-refractivity contribution is -0.384. The largest absolute Gasteiger partial charge is 0.396 e. The van der Waals surface area contributed by atoms with E-state index in [9.17, 15) is 47.4 Å². The molecule has 32 heavy (non-hydrogen) atoms. The van der Waals surface area contributed by atoms with Crippen molar-refractivity contribution < 1.29 is 37.0 Å². The maximum absolute atomic E-state index is 14.1. The van der Waals surface area contributed by atoms with Crippen LogP contribution in [0.25, 0.3) is 0 Å². The summed E-state index contributed by atoms with van der Waals surface area (Å²) in [5, 5.41) is 23.5. The van der Waals surface area contributed by atoms with Crippen LogP contribution in [0, 0.1) is 20.2 Å². The van der Waals surface area contributed by atoms with Crippen LogP contribution in [0.5, 0.6) is 0 Å². The molecule has 0 atom stereocenters. The minimum Gasteiger partial charge on any atom is -0.320 e. The minimum absolute atomic E-state index is 0.415. The molecule has 0 unspecified atom stereocenters. The molecule has 0 bridgehead atoms. The number of carbonyl (C=O) groups excluding carboxylic acids is 2. The topological polar surface area (TPSA) is 144 Å². The number of nitro groups is 2. The molecule has 2 rings (SSSR count). The van der Waals surface area contributed by atoms with Gasteiger partial charge in [-0.1, -0.05) is 23.2 Å². The van der Waals surface area contributed by atoms with Gasteiger partial charge in [0, 0.05) is 23.5 Å². The number of rotatable bonds is 7. The number of hydrogen-bond acceptors (Lipinski definition) is 6. The van der Waals surface area contributed by atoms with Gasteiger partial charge in [0.1, 0.15) is 10.0 Å². The molecule has 0 aromatic heterocycles. The molecule has 2 aromatic carbocycles. The third-order valence-electron chi connectivity index (χ3n) is 3.77. The van der Waals surface area contributed by atoms with Gasteiger partial charge >= 0.3 is 23.7 Å². The highest BCUT2D eigenvalue weighted by Crippen LogP contribution is 2.37.